The number of rotatable bonds is 7. The molecule has 27 heavy (non-hydrogen) atoms. The van der Waals surface area contributed by atoms with Crippen molar-refractivity contribution in [3.63, 3.8) is 0 Å². The SMILES string of the molecule is C=CCN1C(=O)/C(=C\c2ccc(O)cc2)SC1=Nc1nnc(CCCC)s1. The summed E-state index contributed by atoms with van der Waals surface area (Å²) in [5.74, 6) is 0.0654. The van der Waals surface area contributed by atoms with E-state index in [1.165, 1.54) is 23.1 Å². The molecular formula is C19H20N4O2S2. The van der Waals surface area contributed by atoms with Crippen LogP contribution in [0.15, 0.2) is 46.8 Å². The molecule has 1 aromatic carbocycles. The van der Waals surface area contributed by atoms with Crippen LogP contribution in [0.4, 0.5) is 5.13 Å². The lowest BCUT2D eigenvalue weighted by Crippen LogP contribution is -2.29. The van der Waals surface area contributed by atoms with Gasteiger partial charge in [0.15, 0.2) is 5.17 Å². The first kappa shape index (κ1) is 19.3. The number of thioether (sulfide) groups is 1. The number of aromatic hydroxyl groups is 1. The molecule has 3 rings (SSSR count). The summed E-state index contributed by atoms with van der Waals surface area (Å²) in [4.78, 5) is 19.4. The summed E-state index contributed by atoms with van der Waals surface area (Å²) >= 11 is 2.76. The van der Waals surface area contributed by atoms with Gasteiger partial charge in [0.25, 0.3) is 5.91 Å². The fourth-order valence-corrected chi connectivity index (χ4v) is 4.20. The highest BCUT2D eigenvalue weighted by Crippen LogP contribution is 2.34. The van der Waals surface area contributed by atoms with Crippen molar-refractivity contribution in [1.82, 2.24) is 15.1 Å². The van der Waals surface area contributed by atoms with E-state index in [0.29, 0.717) is 21.7 Å². The van der Waals surface area contributed by atoms with Gasteiger partial charge in [-0.2, -0.15) is 4.99 Å². The number of hydrogen-bond acceptors (Lipinski definition) is 7. The number of aliphatic imine (C=N–C) groups is 1. The van der Waals surface area contributed by atoms with Gasteiger partial charge >= 0.3 is 0 Å². The van der Waals surface area contributed by atoms with E-state index < -0.39 is 0 Å². The second kappa shape index (κ2) is 8.96. The van der Waals surface area contributed by atoms with Crippen molar-refractivity contribution >= 4 is 45.4 Å². The maximum Gasteiger partial charge on any atom is 0.267 e. The van der Waals surface area contributed by atoms with Crippen LogP contribution in [0, 0.1) is 0 Å². The molecule has 2 aromatic rings. The maximum absolute atomic E-state index is 12.7. The van der Waals surface area contributed by atoms with Crippen LogP contribution in [0.1, 0.15) is 30.3 Å². The molecule has 0 aliphatic carbocycles. The second-order valence-electron chi connectivity index (χ2n) is 5.88. The summed E-state index contributed by atoms with van der Waals surface area (Å²) in [6, 6.07) is 6.69. The molecule has 0 radical (unpaired) electrons. The lowest BCUT2D eigenvalue weighted by molar-refractivity contribution is -0.121. The predicted octanol–water partition coefficient (Wildman–Crippen LogP) is 4.38. The monoisotopic (exact) mass is 400 g/mol. The van der Waals surface area contributed by atoms with Crippen LogP contribution in [-0.2, 0) is 11.2 Å². The Morgan fingerprint density at radius 2 is 2.07 bits per heavy atom. The molecule has 6 nitrogen and oxygen atoms in total. The van der Waals surface area contributed by atoms with Crippen molar-refractivity contribution in [2.45, 2.75) is 26.2 Å². The highest BCUT2D eigenvalue weighted by Gasteiger charge is 2.32. The zero-order valence-electron chi connectivity index (χ0n) is 15.0. The van der Waals surface area contributed by atoms with Crippen LogP contribution in [0.25, 0.3) is 6.08 Å². The van der Waals surface area contributed by atoms with Crippen molar-refractivity contribution in [3.05, 3.63) is 52.4 Å². The molecule has 0 spiro atoms. The van der Waals surface area contributed by atoms with Crippen molar-refractivity contribution in [2.75, 3.05) is 6.54 Å². The number of unbranched alkanes of at least 4 members (excludes halogenated alkanes) is 1. The molecule has 1 N–H and O–H groups in total. The molecule has 0 atom stereocenters. The number of amides is 1. The quantitative estimate of drug-likeness (QED) is 0.551. The first-order valence-corrected chi connectivity index (χ1v) is 10.3. The van der Waals surface area contributed by atoms with E-state index in [2.05, 4.69) is 28.7 Å². The van der Waals surface area contributed by atoms with Gasteiger partial charge < -0.3 is 5.11 Å². The van der Waals surface area contributed by atoms with Crippen LogP contribution in [0.5, 0.6) is 5.75 Å². The fourth-order valence-electron chi connectivity index (χ4n) is 2.40. The normalized spacial score (nSPS) is 17.2. The molecule has 0 unspecified atom stereocenters. The standard InChI is InChI=1S/C19H20N4O2S2/c1-3-5-6-16-21-22-18(27-16)20-19-23(11-4-2)17(25)15(26-19)12-13-7-9-14(24)10-8-13/h4,7-10,12,24H,2-3,5-6,11H2,1H3/b15-12+,20-19?. The zero-order valence-corrected chi connectivity index (χ0v) is 16.6. The number of phenols is 1. The van der Waals surface area contributed by atoms with Gasteiger partial charge in [-0.3, -0.25) is 9.69 Å². The topological polar surface area (TPSA) is 78.7 Å². The highest BCUT2D eigenvalue weighted by molar-refractivity contribution is 8.18. The minimum atomic E-state index is -0.123. The molecule has 1 aromatic heterocycles. The van der Waals surface area contributed by atoms with Crippen LogP contribution in [-0.4, -0.2) is 37.8 Å². The fraction of sp³-hybridized carbons (Fsp3) is 0.263. The Morgan fingerprint density at radius 1 is 1.30 bits per heavy atom. The zero-order chi connectivity index (χ0) is 19.2. The van der Waals surface area contributed by atoms with E-state index in [4.69, 9.17) is 0 Å². The summed E-state index contributed by atoms with van der Waals surface area (Å²) in [6.45, 7) is 6.24. The van der Waals surface area contributed by atoms with Crippen LogP contribution in [0.2, 0.25) is 0 Å². The minimum Gasteiger partial charge on any atom is -0.508 e. The number of hydrogen-bond donors (Lipinski definition) is 1. The number of benzene rings is 1. The average Bonchev–Trinajstić information content (AvgIpc) is 3.22. The van der Waals surface area contributed by atoms with Crippen LogP contribution < -0.4 is 0 Å². The molecular weight excluding hydrogens is 380 g/mol. The van der Waals surface area contributed by atoms with E-state index in [1.54, 1.807) is 41.3 Å². The van der Waals surface area contributed by atoms with Gasteiger partial charge in [-0.15, -0.1) is 16.8 Å². The van der Waals surface area contributed by atoms with Gasteiger partial charge in [0.05, 0.1) is 4.91 Å². The van der Waals surface area contributed by atoms with Crippen molar-refractivity contribution in [3.8, 4) is 5.75 Å². The molecule has 0 bridgehead atoms. The van der Waals surface area contributed by atoms with Gasteiger partial charge in [0.2, 0.25) is 5.13 Å². The smallest absolute Gasteiger partial charge is 0.267 e. The number of nitrogens with zero attached hydrogens (tertiary/aromatic N) is 4. The van der Waals surface area contributed by atoms with E-state index in [-0.39, 0.29) is 11.7 Å². The molecule has 1 aliphatic heterocycles. The van der Waals surface area contributed by atoms with Crippen LogP contribution >= 0.6 is 23.1 Å². The van der Waals surface area contributed by atoms with Crippen molar-refractivity contribution in [2.24, 2.45) is 4.99 Å². The van der Waals surface area contributed by atoms with E-state index in [0.717, 1.165) is 29.8 Å². The lowest BCUT2D eigenvalue weighted by Gasteiger charge is -2.11. The molecule has 140 valence electrons. The van der Waals surface area contributed by atoms with E-state index in [9.17, 15) is 9.90 Å². The summed E-state index contributed by atoms with van der Waals surface area (Å²) in [7, 11) is 0. The summed E-state index contributed by atoms with van der Waals surface area (Å²) in [6.07, 6.45) is 6.53. The predicted molar refractivity (Wildman–Crippen MR) is 111 cm³/mol. The Morgan fingerprint density at radius 3 is 2.78 bits per heavy atom. The molecule has 2 heterocycles. The first-order chi connectivity index (χ1) is 13.1. The minimum absolute atomic E-state index is 0.123. The van der Waals surface area contributed by atoms with E-state index >= 15 is 0 Å². The Balaban J connectivity index is 1.85. The largest absolute Gasteiger partial charge is 0.508 e. The Bertz CT molecular complexity index is 887. The Labute approximate surface area is 166 Å². The number of aryl methyl sites for hydroxylation is 1. The molecule has 8 heteroatoms. The maximum atomic E-state index is 12.7. The van der Waals surface area contributed by atoms with Crippen molar-refractivity contribution < 1.29 is 9.90 Å². The van der Waals surface area contributed by atoms with Gasteiger partial charge in [-0.1, -0.05) is 42.9 Å². The summed E-state index contributed by atoms with van der Waals surface area (Å²) in [5, 5.41) is 19.8. The highest BCUT2D eigenvalue weighted by atomic mass is 32.2. The third-order valence-electron chi connectivity index (χ3n) is 3.78. The molecule has 1 amide bonds. The molecule has 1 fully saturated rings. The lowest BCUT2D eigenvalue weighted by atomic mass is 10.2. The molecule has 1 saturated heterocycles. The number of phenolic OH excluding ortho intramolecular Hbond substituents is 1. The summed E-state index contributed by atoms with van der Waals surface area (Å²) < 4.78 is 0. The summed E-state index contributed by atoms with van der Waals surface area (Å²) in [5.41, 5.74) is 0.834. The second-order valence-corrected chi connectivity index (χ2v) is 7.93. The molecule has 0 saturated carbocycles. The number of aromatic nitrogens is 2. The van der Waals surface area contributed by atoms with Crippen molar-refractivity contribution in [1.29, 1.82) is 0 Å². The third-order valence-corrected chi connectivity index (χ3v) is 5.67. The van der Waals surface area contributed by atoms with Gasteiger partial charge in [0, 0.05) is 13.0 Å². The number of carbonyl (C=O) groups excluding carboxylic acids is 1. The molecule has 1 aliphatic rings. The number of carbonyl (C=O) groups is 1. The Hall–Kier alpha value is -2.45. The first-order valence-electron chi connectivity index (χ1n) is 8.63. The van der Waals surface area contributed by atoms with E-state index in [1.807, 2.05) is 0 Å². The van der Waals surface area contributed by atoms with Gasteiger partial charge in [-0.05, 0) is 42.0 Å². The van der Waals surface area contributed by atoms with Gasteiger partial charge in [-0.25, -0.2) is 0 Å². The Kier molecular flexibility index (Phi) is 6.41. The van der Waals surface area contributed by atoms with Gasteiger partial charge in [0.1, 0.15) is 10.8 Å². The van der Waals surface area contributed by atoms with Crippen LogP contribution in [0.3, 0.4) is 0 Å². The average molecular weight is 401 g/mol. The third kappa shape index (κ3) is 4.84. The number of amidine groups is 1.